The van der Waals surface area contributed by atoms with Gasteiger partial charge in [-0.1, -0.05) is 0 Å². The summed E-state index contributed by atoms with van der Waals surface area (Å²) >= 11 is 0. The number of carbonyl (C=O) groups excluding carboxylic acids is 2. The number of aldehydes is 1. The van der Waals surface area contributed by atoms with E-state index in [2.05, 4.69) is 32.0 Å². The first-order valence-electron chi connectivity index (χ1n) is 17.0. The van der Waals surface area contributed by atoms with Crippen LogP contribution in [0, 0.1) is 5.82 Å². The summed E-state index contributed by atoms with van der Waals surface area (Å²) in [5.74, 6) is -0.291. The Labute approximate surface area is 283 Å². The van der Waals surface area contributed by atoms with E-state index in [0.717, 1.165) is 63.5 Å². The Balaban J connectivity index is 1.05. The number of pyridine rings is 3. The maximum Gasteiger partial charge on any atom is 0.279 e. The maximum atomic E-state index is 15.5. The maximum absolute atomic E-state index is 15.5. The second-order valence-electron chi connectivity index (χ2n) is 13.4. The number of aryl methyl sites for hydroxylation is 1. The Morgan fingerprint density at radius 1 is 1.04 bits per heavy atom. The van der Waals surface area contributed by atoms with Crippen molar-refractivity contribution in [2.24, 2.45) is 7.05 Å². The van der Waals surface area contributed by atoms with Crippen LogP contribution in [0.5, 0.6) is 0 Å². The van der Waals surface area contributed by atoms with E-state index in [1.807, 2.05) is 22.9 Å². The molecule has 1 atom stereocenters. The largest absolute Gasteiger partial charge is 0.378 e. The molecule has 0 saturated carbocycles. The van der Waals surface area contributed by atoms with Crippen LogP contribution in [0.4, 0.5) is 27.4 Å². The molecule has 4 aromatic heterocycles. The molecule has 254 valence electrons. The molecule has 1 amide bonds. The number of ether oxygens (including phenoxy) is 1. The number of piperazine rings is 1. The molecule has 3 aliphatic heterocycles. The summed E-state index contributed by atoms with van der Waals surface area (Å²) in [5, 5.41) is 3.16. The standard InChI is InChI=1S/C36H39FN8O4/c1-22-17-42(11-12-43(22)25-20-49-21-25)24-7-8-31(39-16-24)40-29-15-23(18-41(2)35(29)47)26-9-10-38-34(28(26)19-46)45-14-13-44-30-6-4-3-5-27(30)32(37)33(44)36(45)48/h7-10,15-16,18-19,22,25H,3-6,11-14,17,20-21H2,1-2H3,(H,39,40). The molecule has 1 aliphatic carbocycles. The SMILES string of the molecule is CC1CN(c2ccc(Nc3cc(-c4ccnc(N5CCn6c7c(c(F)c6C5=O)CCCC7)c4C=O)cn(C)c3=O)nc2)CCN1C1COC1. The summed E-state index contributed by atoms with van der Waals surface area (Å²) in [4.78, 5) is 55.0. The highest BCUT2D eigenvalue weighted by Gasteiger charge is 2.37. The van der Waals surface area contributed by atoms with Crippen LogP contribution in [0.3, 0.4) is 0 Å². The zero-order chi connectivity index (χ0) is 33.8. The number of nitrogens with zero attached hydrogens (tertiary/aromatic N) is 7. The van der Waals surface area contributed by atoms with Crippen LogP contribution >= 0.6 is 0 Å². The highest BCUT2D eigenvalue weighted by molar-refractivity contribution is 6.09. The number of anilines is 4. The third-order valence-electron chi connectivity index (χ3n) is 10.5. The fourth-order valence-electron chi connectivity index (χ4n) is 7.85. The minimum absolute atomic E-state index is 0.0369. The summed E-state index contributed by atoms with van der Waals surface area (Å²) < 4.78 is 24.2. The Kier molecular flexibility index (Phi) is 8.03. The van der Waals surface area contributed by atoms with Crippen molar-refractivity contribution >= 4 is 35.2 Å². The van der Waals surface area contributed by atoms with Gasteiger partial charge in [0.15, 0.2) is 12.1 Å². The lowest BCUT2D eigenvalue weighted by atomic mass is 9.97. The number of fused-ring (bicyclic) bond motifs is 3. The molecule has 4 aliphatic rings. The molecule has 2 fully saturated rings. The lowest BCUT2D eigenvalue weighted by molar-refractivity contribution is -0.0792. The van der Waals surface area contributed by atoms with Crippen molar-refractivity contribution in [1.29, 1.82) is 0 Å². The summed E-state index contributed by atoms with van der Waals surface area (Å²) in [7, 11) is 1.64. The van der Waals surface area contributed by atoms with Gasteiger partial charge in [-0.05, 0) is 62.4 Å². The Morgan fingerprint density at radius 3 is 2.61 bits per heavy atom. The fraction of sp³-hybridized carbons (Fsp3) is 0.417. The molecule has 8 rings (SSSR count). The number of hydrogen-bond donors (Lipinski definition) is 1. The van der Waals surface area contributed by atoms with Gasteiger partial charge >= 0.3 is 0 Å². The molecule has 12 nitrogen and oxygen atoms in total. The van der Waals surface area contributed by atoms with Crippen molar-refractivity contribution in [3.05, 3.63) is 81.5 Å². The second-order valence-corrected chi connectivity index (χ2v) is 13.4. The first-order valence-corrected chi connectivity index (χ1v) is 17.0. The first kappa shape index (κ1) is 31.4. The van der Waals surface area contributed by atoms with Gasteiger partial charge in [0, 0.05) is 75.0 Å². The van der Waals surface area contributed by atoms with Crippen LogP contribution in [-0.4, -0.2) is 87.7 Å². The number of aromatic nitrogens is 4. The van der Waals surface area contributed by atoms with Gasteiger partial charge in [0.2, 0.25) is 0 Å². The highest BCUT2D eigenvalue weighted by atomic mass is 19.1. The Bertz CT molecular complexity index is 2000. The van der Waals surface area contributed by atoms with Crippen molar-refractivity contribution in [2.45, 2.75) is 51.2 Å². The summed E-state index contributed by atoms with van der Waals surface area (Å²) in [5.41, 5.74) is 3.86. The van der Waals surface area contributed by atoms with Crippen LogP contribution in [-0.2, 0) is 31.2 Å². The third kappa shape index (κ3) is 5.41. The van der Waals surface area contributed by atoms with E-state index in [1.54, 1.807) is 25.4 Å². The normalized spacial score (nSPS) is 19.7. The topological polar surface area (TPSA) is 118 Å². The van der Waals surface area contributed by atoms with E-state index in [4.69, 9.17) is 4.74 Å². The van der Waals surface area contributed by atoms with Crippen LogP contribution in [0.25, 0.3) is 11.1 Å². The summed E-state index contributed by atoms with van der Waals surface area (Å²) in [6, 6.07) is 8.13. The number of nitrogens with one attached hydrogen (secondary N) is 1. The van der Waals surface area contributed by atoms with Gasteiger partial charge in [-0.2, -0.15) is 0 Å². The van der Waals surface area contributed by atoms with Gasteiger partial charge in [0.05, 0.1) is 36.7 Å². The minimum Gasteiger partial charge on any atom is -0.378 e. The molecule has 2 saturated heterocycles. The van der Waals surface area contributed by atoms with Crippen LogP contribution in [0.1, 0.15) is 51.9 Å². The lowest BCUT2D eigenvalue weighted by Gasteiger charge is -2.47. The van der Waals surface area contributed by atoms with E-state index in [-0.39, 0.29) is 34.9 Å². The van der Waals surface area contributed by atoms with E-state index < -0.39 is 11.7 Å². The molecule has 4 aromatic rings. The van der Waals surface area contributed by atoms with E-state index >= 15 is 4.39 Å². The number of rotatable bonds is 7. The van der Waals surface area contributed by atoms with E-state index in [1.165, 1.54) is 15.7 Å². The van der Waals surface area contributed by atoms with Gasteiger partial charge in [-0.3, -0.25) is 24.2 Å². The van der Waals surface area contributed by atoms with E-state index in [9.17, 15) is 14.4 Å². The molecule has 1 N–H and O–H groups in total. The van der Waals surface area contributed by atoms with Gasteiger partial charge in [-0.15, -0.1) is 0 Å². The average molecular weight is 667 g/mol. The van der Waals surface area contributed by atoms with E-state index in [0.29, 0.717) is 53.8 Å². The summed E-state index contributed by atoms with van der Waals surface area (Å²) in [6.45, 7) is 7.30. The molecule has 0 bridgehead atoms. The van der Waals surface area contributed by atoms with Crippen molar-refractivity contribution < 1.29 is 18.7 Å². The second kappa shape index (κ2) is 12.5. The monoisotopic (exact) mass is 666 g/mol. The quantitative estimate of drug-likeness (QED) is 0.294. The predicted molar refractivity (Wildman–Crippen MR) is 184 cm³/mol. The number of amides is 1. The summed E-state index contributed by atoms with van der Waals surface area (Å²) in [6.07, 6.45) is 8.90. The number of halogens is 1. The molecule has 7 heterocycles. The van der Waals surface area contributed by atoms with Crippen molar-refractivity contribution in [3.63, 3.8) is 0 Å². The van der Waals surface area contributed by atoms with Gasteiger partial charge in [-0.25, -0.2) is 14.4 Å². The third-order valence-corrected chi connectivity index (χ3v) is 10.5. The van der Waals surface area contributed by atoms with Crippen LogP contribution < -0.4 is 20.7 Å². The van der Waals surface area contributed by atoms with Crippen molar-refractivity contribution in [2.75, 3.05) is 54.5 Å². The van der Waals surface area contributed by atoms with Crippen molar-refractivity contribution in [3.8, 4) is 11.1 Å². The van der Waals surface area contributed by atoms with Gasteiger partial charge in [0.1, 0.15) is 23.0 Å². The predicted octanol–water partition coefficient (Wildman–Crippen LogP) is 3.79. The minimum atomic E-state index is -0.507. The molecular formula is C36H39FN8O4. The Morgan fingerprint density at radius 2 is 1.88 bits per heavy atom. The smallest absolute Gasteiger partial charge is 0.279 e. The highest BCUT2D eigenvalue weighted by Crippen LogP contribution is 2.35. The zero-order valence-electron chi connectivity index (χ0n) is 27.7. The van der Waals surface area contributed by atoms with Crippen molar-refractivity contribution in [1.82, 2.24) is 24.0 Å². The average Bonchev–Trinajstić information content (AvgIpc) is 3.39. The fourth-order valence-corrected chi connectivity index (χ4v) is 7.85. The molecule has 0 spiro atoms. The molecular weight excluding hydrogens is 627 g/mol. The molecule has 13 heteroatoms. The molecule has 49 heavy (non-hydrogen) atoms. The Hall–Kier alpha value is -4.88. The molecule has 0 aromatic carbocycles. The zero-order valence-corrected chi connectivity index (χ0v) is 27.7. The van der Waals surface area contributed by atoms with Crippen LogP contribution in [0.2, 0.25) is 0 Å². The number of hydrogen-bond acceptors (Lipinski definition) is 9. The molecule has 1 unspecified atom stereocenters. The first-order chi connectivity index (χ1) is 23.8. The lowest BCUT2D eigenvalue weighted by Crippen LogP contribution is -2.60. The van der Waals surface area contributed by atoms with Gasteiger partial charge in [0.25, 0.3) is 11.5 Å². The van der Waals surface area contributed by atoms with Gasteiger partial charge < -0.3 is 24.1 Å². The number of carbonyl (C=O) groups is 2. The molecule has 0 radical (unpaired) electrons. The van der Waals surface area contributed by atoms with Crippen LogP contribution in [0.15, 0.2) is 47.7 Å².